The summed E-state index contributed by atoms with van der Waals surface area (Å²) in [6, 6.07) is 7.56. The van der Waals surface area contributed by atoms with Crippen LogP contribution in [0.4, 0.5) is 5.69 Å². The van der Waals surface area contributed by atoms with Gasteiger partial charge in [0, 0.05) is 18.7 Å². The molecule has 2 amide bonds. The minimum atomic E-state index is -0.0903. The molecule has 0 aromatic heterocycles. The maximum Gasteiger partial charge on any atom is 0.237 e. The number of amides is 2. The summed E-state index contributed by atoms with van der Waals surface area (Å²) in [4.78, 5) is 23.2. The minimum absolute atomic E-state index is 0.0189. The smallest absolute Gasteiger partial charge is 0.237 e. The van der Waals surface area contributed by atoms with E-state index in [9.17, 15) is 9.59 Å². The lowest BCUT2D eigenvalue weighted by molar-refractivity contribution is -0.124. The zero-order valence-corrected chi connectivity index (χ0v) is 11.0. The van der Waals surface area contributed by atoms with E-state index >= 15 is 0 Å². The van der Waals surface area contributed by atoms with E-state index in [0.29, 0.717) is 6.54 Å². The third kappa shape index (κ3) is 4.06. The van der Waals surface area contributed by atoms with Crippen molar-refractivity contribution in [2.75, 3.05) is 18.4 Å². The highest BCUT2D eigenvalue weighted by atomic mass is 16.2. The average molecular weight is 261 g/mol. The summed E-state index contributed by atoms with van der Waals surface area (Å²) in [5.41, 5.74) is 1.89. The Labute approximate surface area is 112 Å². The molecule has 1 atom stereocenters. The number of aryl methyl sites for hydroxylation is 1. The first-order valence-corrected chi connectivity index (χ1v) is 6.53. The molecule has 0 bridgehead atoms. The third-order valence-electron chi connectivity index (χ3n) is 3.09. The first-order valence-electron chi connectivity index (χ1n) is 6.53. The zero-order valence-electron chi connectivity index (χ0n) is 11.0. The van der Waals surface area contributed by atoms with Crippen LogP contribution in [0.2, 0.25) is 0 Å². The predicted molar refractivity (Wildman–Crippen MR) is 73.8 cm³/mol. The topological polar surface area (TPSA) is 70.2 Å². The predicted octanol–water partition coefficient (Wildman–Crippen LogP) is 0.802. The SMILES string of the molecule is Cc1cccc(NC(=O)CCNC(=O)C2CCN2)c1. The molecule has 1 aliphatic rings. The van der Waals surface area contributed by atoms with E-state index in [1.54, 1.807) is 0 Å². The maximum atomic E-state index is 11.7. The quantitative estimate of drug-likeness (QED) is 0.734. The first-order chi connectivity index (χ1) is 9.15. The van der Waals surface area contributed by atoms with Crippen LogP contribution < -0.4 is 16.0 Å². The Bertz CT molecular complexity index is 470. The number of nitrogens with one attached hydrogen (secondary N) is 3. The van der Waals surface area contributed by atoms with E-state index in [2.05, 4.69) is 16.0 Å². The average Bonchev–Trinajstić information content (AvgIpc) is 2.26. The fourth-order valence-electron chi connectivity index (χ4n) is 1.88. The van der Waals surface area contributed by atoms with Gasteiger partial charge in [-0.15, -0.1) is 0 Å². The molecule has 1 aromatic carbocycles. The number of carbonyl (C=O) groups is 2. The Hall–Kier alpha value is -1.88. The molecule has 0 aliphatic carbocycles. The molecule has 1 fully saturated rings. The van der Waals surface area contributed by atoms with E-state index in [4.69, 9.17) is 0 Å². The van der Waals surface area contributed by atoms with Crippen molar-refractivity contribution in [3.05, 3.63) is 29.8 Å². The second kappa shape index (κ2) is 6.33. The molecule has 1 aliphatic heterocycles. The summed E-state index contributed by atoms with van der Waals surface area (Å²) in [6.07, 6.45) is 1.16. The fraction of sp³-hybridized carbons (Fsp3) is 0.429. The maximum absolute atomic E-state index is 11.7. The van der Waals surface area contributed by atoms with Crippen LogP contribution in [0.1, 0.15) is 18.4 Å². The molecule has 19 heavy (non-hydrogen) atoms. The van der Waals surface area contributed by atoms with Crippen molar-refractivity contribution in [3.63, 3.8) is 0 Å². The van der Waals surface area contributed by atoms with Gasteiger partial charge in [0.25, 0.3) is 0 Å². The van der Waals surface area contributed by atoms with Gasteiger partial charge in [-0.25, -0.2) is 0 Å². The van der Waals surface area contributed by atoms with Crippen LogP contribution in [0.3, 0.4) is 0 Å². The number of rotatable bonds is 5. The summed E-state index contributed by atoms with van der Waals surface area (Å²) in [7, 11) is 0. The van der Waals surface area contributed by atoms with Crippen molar-refractivity contribution in [3.8, 4) is 0 Å². The monoisotopic (exact) mass is 261 g/mol. The normalized spacial score (nSPS) is 17.4. The highest BCUT2D eigenvalue weighted by molar-refractivity contribution is 5.91. The molecule has 2 rings (SSSR count). The highest BCUT2D eigenvalue weighted by Crippen LogP contribution is 2.09. The molecule has 5 nitrogen and oxygen atoms in total. The number of carbonyl (C=O) groups excluding carboxylic acids is 2. The second-order valence-electron chi connectivity index (χ2n) is 4.75. The Morgan fingerprint density at radius 3 is 2.84 bits per heavy atom. The lowest BCUT2D eigenvalue weighted by Crippen LogP contribution is -2.53. The number of hydrogen-bond donors (Lipinski definition) is 3. The third-order valence-corrected chi connectivity index (χ3v) is 3.09. The Morgan fingerprint density at radius 2 is 2.21 bits per heavy atom. The van der Waals surface area contributed by atoms with E-state index < -0.39 is 0 Å². The van der Waals surface area contributed by atoms with Gasteiger partial charge >= 0.3 is 0 Å². The van der Waals surface area contributed by atoms with Crippen LogP contribution in [0.15, 0.2) is 24.3 Å². The molecule has 1 aromatic rings. The molecular weight excluding hydrogens is 242 g/mol. The molecular formula is C14H19N3O2. The van der Waals surface area contributed by atoms with E-state index in [-0.39, 0.29) is 24.3 Å². The van der Waals surface area contributed by atoms with E-state index in [1.807, 2.05) is 31.2 Å². The standard InChI is InChI=1S/C14H19N3O2/c1-10-3-2-4-11(9-10)17-13(18)6-8-16-14(19)12-5-7-15-12/h2-4,9,12,15H,5-8H2,1H3,(H,16,19)(H,17,18). The second-order valence-corrected chi connectivity index (χ2v) is 4.75. The fourth-order valence-corrected chi connectivity index (χ4v) is 1.88. The number of hydrogen-bond acceptors (Lipinski definition) is 3. The van der Waals surface area contributed by atoms with Crippen LogP contribution in [0.5, 0.6) is 0 Å². The van der Waals surface area contributed by atoms with E-state index in [0.717, 1.165) is 24.2 Å². The van der Waals surface area contributed by atoms with Crippen molar-refractivity contribution in [1.82, 2.24) is 10.6 Å². The molecule has 0 saturated carbocycles. The van der Waals surface area contributed by atoms with Crippen LogP contribution in [0, 0.1) is 6.92 Å². The largest absolute Gasteiger partial charge is 0.354 e. The molecule has 5 heteroatoms. The van der Waals surface area contributed by atoms with Crippen LogP contribution in [-0.4, -0.2) is 30.9 Å². The summed E-state index contributed by atoms with van der Waals surface area (Å²) in [5, 5.41) is 8.58. The molecule has 1 saturated heterocycles. The van der Waals surface area contributed by atoms with Gasteiger partial charge < -0.3 is 16.0 Å². The van der Waals surface area contributed by atoms with Gasteiger partial charge in [0.1, 0.15) is 0 Å². The van der Waals surface area contributed by atoms with Gasteiger partial charge in [-0.2, -0.15) is 0 Å². The lowest BCUT2D eigenvalue weighted by atomic mass is 10.1. The lowest BCUT2D eigenvalue weighted by Gasteiger charge is -2.26. The van der Waals surface area contributed by atoms with Gasteiger partial charge in [0.15, 0.2) is 0 Å². The van der Waals surface area contributed by atoms with E-state index in [1.165, 1.54) is 0 Å². The van der Waals surface area contributed by atoms with Gasteiger partial charge in [-0.3, -0.25) is 9.59 Å². The van der Waals surface area contributed by atoms with Crippen molar-refractivity contribution >= 4 is 17.5 Å². The number of benzene rings is 1. The van der Waals surface area contributed by atoms with Crippen molar-refractivity contribution in [2.24, 2.45) is 0 Å². The van der Waals surface area contributed by atoms with Crippen LogP contribution >= 0.6 is 0 Å². The van der Waals surface area contributed by atoms with Gasteiger partial charge in [-0.05, 0) is 37.6 Å². The molecule has 3 N–H and O–H groups in total. The molecule has 0 radical (unpaired) electrons. The van der Waals surface area contributed by atoms with Gasteiger partial charge in [-0.1, -0.05) is 12.1 Å². The van der Waals surface area contributed by atoms with Crippen LogP contribution in [0.25, 0.3) is 0 Å². The Balaban J connectivity index is 1.68. The van der Waals surface area contributed by atoms with Crippen molar-refractivity contribution < 1.29 is 9.59 Å². The van der Waals surface area contributed by atoms with Crippen molar-refractivity contribution in [2.45, 2.75) is 25.8 Å². The molecule has 1 unspecified atom stereocenters. The molecule has 102 valence electrons. The number of anilines is 1. The summed E-state index contributed by atoms with van der Waals surface area (Å²) < 4.78 is 0. The minimum Gasteiger partial charge on any atom is -0.354 e. The van der Waals surface area contributed by atoms with Crippen molar-refractivity contribution in [1.29, 1.82) is 0 Å². The summed E-state index contributed by atoms with van der Waals surface area (Å²) in [5.74, 6) is -0.109. The summed E-state index contributed by atoms with van der Waals surface area (Å²) >= 11 is 0. The van der Waals surface area contributed by atoms with Gasteiger partial charge in [0.2, 0.25) is 11.8 Å². The van der Waals surface area contributed by atoms with Crippen LogP contribution in [-0.2, 0) is 9.59 Å². The summed E-state index contributed by atoms with van der Waals surface area (Å²) in [6.45, 7) is 3.24. The Kier molecular flexibility index (Phi) is 4.52. The first kappa shape index (κ1) is 13.5. The molecule has 1 heterocycles. The highest BCUT2D eigenvalue weighted by Gasteiger charge is 2.23. The van der Waals surface area contributed by atoms with Gasteiger partial charge in [0.05, 0.1) is 6.04 Å². The zero-order chi connectivity index (χ0) is 13.7. The molecule has 0 spiro atoms. The Morgan fingerprint density at radius 1 is 1.42 bits per heavy atom.